The Balaban J connectivity index is 1.50. The smallest absolute Gasteiger partial charge is 0.161 e. The van der Waals surface area contributed by atoms with Crippen LogP contribution in [0, 0.1) is 11.7 Å². The van der Waals surface area contributed by atoms with Crippen molar-refractivity contribution in [2.24, 2.45) is 5.92 Å². The molecule has 33 heavy (non-hydrogen) atoms. The van der Waals surface area contributed by atoms with Gasteiger partial charge in [-0.05, 0) is 77.8 Å². The molecule has 0 N–H and O–H groups in total. The van der Waals surface area contributed by atoms with Crippen molar-refractivity contribution < 1.29 is 13.2 Å². The number of unbranched alkanes of at least 4 members (excludes halogenated alkanes) is 1. The lowest BCUT2D eigenvalue weighted by atomic mass is 9.79. The molecule has 1 saturated carbocycles. The zero-order valence-electron chi connectivity index (χ0n) is 19.4. The summed E-state index contributed by atoms with van der Waals surface area (Å²) in [6.07, 6.45) is 8.60. The minimum absolute atomic E-state index is 0.227. The molecular formula is C30H33F3. The molecule has 0 radical (unpaired) electrons. The molecular weight excluding hydrogens is 417 g/mol. The minimum Gasteiger partial charge on any atom is -0.239 e. The van der Waals surface area contributed by atoms with Crippen LogP contribution in [-0.2, 0) is 0 Å². The third kappa shape index (κ3) is 5.34. The van der Waals surface area contributed by atoms with Crippen LogP contribution in [0.1, 0.15) is 68.9 Å². The van der Waals surface area contributed by atoms with E-state index in [0.717, 1.165) is 42.7 Å². The van der Waals surface area contributed by atoms with Gasteiger partial charge >= 0.3 is 0 Å². The molecule has 2 aliphatic rings. The summed E-state index contributed by atoms with van der Waals surface area (Å²) in [6.45, 7) is 5.95. The molecule has 0 amide bonds. The number of hydrogen-bond acceptors (Lipinski definition) is 0. The molecule has 2 atom stereocenters. The first kappa shape index (κ1) is 23.6. The average Bonchev–Trinajstić information content (AvgIpc) is 2.83. The highest BCUT2D eigenvalue weighted by Crippen LogP contribution is 2.38. The van der Waals surface area contributed by atoms with Crippen LogP contribution < -0.4 is 0 Å². The molecule has 0 spiro atoms. The first-order valence-corrected chi connectivity index (χ1v) is 12.2. The quantitative estimate of drug-likeness (QED) is 0.291. The van der Waals surface area contributed by atoms with Gasteiger partial charge in [0.1, 0.15) is 5.82 Å². The molecule has 2 aromatic rings. The Morgan fingerprint density at radius 1 is 0.909 bits per heavy atom. The Bertz CT molecular complexity index is 1020. The van der Waals surface area contributed by atoms with E-state index < -0.39 is 12.3 Å². The van der Waals surface area contributed by atoms with Crippen LogP contribution in [0.3, 0.4) is 0 Å². The minimum atomic E-state index is -1.69. The van der Waals surface area contributed by atoms with Crippen LogP contribution in [0.5, 0.6) is 0 Å². The third-order valence-electron chi connectivity index (χ3n) is 7.27. The highest BCUT2D eigenvalue weighted by molar-refractivity contribution is 5.75. The summed E-state index contributed by atoms with van der Waals surface area (Å²) >= 11 is 0. The average molecular weight is 451 g/mol. The monoisotopic (exact) mass is 450 g/mol. The second-order valence-corrected chi connectivity index (χ2v) is 9.62. The van der Waals surface area contributed by atoms with Gasteiger partial charge in [0.25, 0.3) is 0 Å². The van der Waals surface area contributed by atoms with Gasteiger partial charge in [0.2, 0.25) is 0 Å². The number of hydrogen-bond donors (Lipinski definition) is 0. The van der Waals surface area contributed by atoms with Crippen molar-refractivity contribution in [1.82, 2.24) is 0 Å². The Hall–Kier alpha value is -2.55. The maximum absolute atomic E-state index is 15.0. The number of allylic oxidation sites excluding steroid dienone is 5. The molecule has 0 aromatic heterocycles. The van der Waals surface area contributed by atoms with E-state index >= 15 is 0 Å². The fourth-order valence-corrected chi connectivity index (χ4v) is 5.11. The van der Waals surface area contributed by atoms with Gasteiger partial charge in [-0.25, -0.2) is 13.2 Å². The van der Waals surface area contributed by atoms with Crippen LogP contribution in [0.15, 0.2) is 72.8 Å². The van der Waals surface area contributed by atoms with Gasteiger partial charge in [0.05, 0.1) is 0 Å². The van der Waals surface area contributed by atoms with E-state index in [9.17, 15) is 13.2 Å². The van der Waals surface area contributed by atoms with Crippen LogP contribution in [-0.4, -0.2) is 12.3 Å². The molecule has 1 fully saturated rings. The second-order valence-electron chi connectivity index (χ2n) is 9.62. The van der Waals surface area contributed by atoms with Crippen LogP contribution in [0.4, 0.5) is 13.2 Å². The van der Waals surface area contributed by atoms with E-state index in [1.807, 2.05) is 12.1 Å². The number of halogens is 3. The van der Waals surface area contributed by atoms with Gasteiger partial charge in [0.15, 0.2) is 12.3 Å². The van der Waals surface area contributed by atoms with Gasteiger partial charge in [-0.2, -0.15) is 0 Å². The normalized spacial score (nSPS) is 25.3. The molecule has 2 aromatic carbocycles. The standard InChI is InChI=1S/C30H33F3/c1-3-4-5-6-24-15-18-27(30(33)29(24)32)23-13-11-22(12-14-23)26-17-16-25(19-28(26)31)21-9-7-20(2)8-10-21/h3,11-21,29-30H,1,4-10H2,2H3. The summed E-state index contributed by atoms with van der Waals surface area (Å²) in [7, 11) is 0. The highest BCUT2D eigenvalue weighted by atomic mass is 19.2. The SMILES string of the molecule is C=CCCCC1=CC=C(c2ccc(-c3ccc(C4CCC(C)CC4)cc3F)cc2)C(F)C1F. The van der Waals surface area contributed by atoms with Crippen LogP contribution in [0.2, 0.25) is 0 Å². The van der Waals surface area contributed by atoms with Crippen molar-refractivity contribution >= 4 is 5.57 Å². The largest absolute Gasteiger partial charge is 0.239 e. The first-order valence-electron chi connectivity index (χ1n) is 12.2. The Labute approximate surface area is 195 Å². The fraction of sp³-hybridized carbons (Fsp3) is 0.400. The number of alkyl halides is 2. The predicted molar refractivity (Wildman–Crippen MR) is 132 cm³/mol. The van der Waals surface area contributed by atoms with Crippen LogP contribution >= 0.6 is 0 Å². The summed E-state index contributed by atoms with van der Waals surface area (Å²) in [6, 6.07) is 12.7. The zero-order valence-corrected chi connectivity index (χ0v) is 19.4. The summed E-state index contributed by atoms with van der Waals surface area (Å²) in [5.41, 5.74) is 3.82. The lowest BCUT2D eigenvalue weighted by Gasteiger charge is -2.26. The molecule has 4 rings (SSSR count). The van der Waals surface area contributed by atoms with Crippen molar-refractivity contribution in [1.29, 1.82) is 0 Å². The Morgan fingerprint density at radius 3 is 2.27 bits per heavy atom. The molecule has 0 bridgehead atoms. The third-order valence-corrected chi connectivity index (χ3v) is 7.27. The maximum atomic E-state index is 15.0. The molecule has 0 heterocycles. The van der Waals surface area contributed by atoms with E-state index in [1.54, 1.807) is 48.6 Å². The predicted octanol–water partition coefficient (Wildman–Crippen LogP) is 9.14. The van der Waals surface area contributed by atoms with Crippen LogP contribution in [0.25, 0.3) is 16.7 Å². The Kier molecular flexibility index (Phi) is 7.57. The van der Waals surface area contributed by atoms with Crippen molar-refractivity contribution in [3.05, 3.63) is 89.8 Å². The summed E-state index contributed by atoms with van der Waals surface area (Å²) in [5, 5.41) is 0. The second kappa shape index (κ2) is 10.6. The molecule has 2 unspecified atom stereocenters. The Morgan fingerprint density at radius 2 is 1.61 bits per heavy atom. The van der Waals surface area contributed by atoms with Gasteiger partial charge < -0.3 is 0 Å². The maximum Gasteiger partial charge on any atom is 0.161 e. The lowest BCUT2D eigenvalue weighted by Crippen LogP contribution is -2.24. The highest BCUT2D eigenvalue weighted by Gasteiger charge is 2.31. The molecule has 3 heteroatoms. The molecule has 2 aliphatic carbocycles. The van der Waals surface area contributed by atoms with E-state index in [0.29, 0.717) is 34.6 Å². The van der Waals surface area contributed by atoms with E-state index in [-0.39, 0.29) is 5.82 Å². The molecule has 0 nitrogen and oxygen atoms in total. The van der Waals surface area contributed by atoms with Gasteiger partial charge in [-0.3, -0.25) is 0 Å². The van der Waals surface area contributed by atoms with E-state index in [2.05, 4.69) is 13.5 Å². The van der Waals surface area contributed by atoms with Gasteiger partial charge in [-0.15, -0.1) is 6.58 Å². The lowest BCUT2D eigenvalue weighted by molar-refractivity contribution is 0.237. The fourth-order valence-electron chi connectivity index (χ4n) is 5.11. The van der Waals surface area contributed by atoms with Crippen molar-refractivity contribution in [2.45, 2.75) is 70.1 Å². The summed E-state index contributed by atoms with van der Waals surface area (Å²) in [4.78, 5) is 0. The topological polar surface area (TPSA) is 0 Å². The van der Waals surface area contributed by atoms with Crippen molar-refractivity contribution in [2.75, 3.05) is 0 Å². The first-order chi connectivity index (χ1) is 16.0. The zero-order chi connectivity index (χ0) is 23.4. The van der Waals surface area contributed by atoms with E-state index in [4.69, 9.17) is 0 Å². The summed E-state index contributed by atoms with van der Waals surface area (Å²) in [5.74, 6) is 0.976. The van der Waals surface area contributed by atoms with Gasteiger partial charge in [-0.1, -0.05) is 74.4 Å². The number of rotatable bonds is 7. The molecule has 0 aliphatic heterocycles. The summed E-state index contributed by atoms with van der Waals surface area (Å²) < 4.78 is 44.5. The molecule has 174 valence electrons. The molecule has 0 saturated heterocycles. The van der Waals surface area contributed by atoms with E-state index in [1.165, 1.54) is 12.8 Å². The van der Waals surface area contributed by atoms with Crippen molar-refractivity contribution in [3.63, 3.8) is 0 Å². The number of benzene rings is 2. The van der Waals surface area contributed by atoms with Gasteiger partial charge in [0, 0.05) is 5.56 Å². The van der Waals surface area contributed by atoms with Crippen molar-refractivity contribution in [3.8, 4) is 11.1 Å².